The summed E-state index contributed by atoms with van der Waals surface area (Å²) in [6.45, 7) is 9.25. The molecule has 0 aromatic heterocycles. The van der Waals surface area contributed by atoms with E-state index >= 15 is 0 Å². The predicted molar refractivity (Wildman–Crippen MR) is 238 cm³/mol. The first-order chi connectivity index (χ1) is 27.9. The van der Waals surface area contributed by atoms with Crippen molar-refractivity contribution < 1.29 is 18.5 Å². The Labute approximate surface area is 335 Å². The molecular weight excluding hydrogens is 732 g/mol. The average Bonchev–Trinajstić information content (AvgIpc) is 3.58. The first-order valence-corrected chi connectivity index (χ1v) is 21.8. The molecule has 13 rings (SSSR count). The zero-order valence-electron chi connectivity index (χ0n) is 32.7. The molecule has 1 N–H and O–H groups in total. The first kappa shape index (κ1) is 33.1. The first-order valence-electron chi connectivity index (χ1n) is 20.3. The van der Waals surface area contributed by atoms with Gasteiger partial charge in [0, 0.05) is 27.7 Å². The Bertz CT molecular complexity index is 3260. The van der Waals surface area contributed by atoms with Crippen molar-refractivity contribution >= 4 is 72.5 Å². The summed E-state index contributed by atoms with van der Waals surface area (Å²) in [5, 5.41) is 14.1. The van der Waals surface area contributed by atoms with Crippen molar-refractivity contribution in [3.63, 3.8) is 0 Å². The highest BCUT2D eigenvalue weighted by atomic mass is 31.2. The van der Waals surface area contributed by atoms with Gasteiger partial charge in [-0.25, -0.2) is 4.57 Å². The van der Waals surface area contributed by atoms with Gasteiger partial charge in [0.2, 0.25) is 0 Å². The van der Waals surface area contributed by atoms with Gasteiger partial charge in [-0.2, -0.15) is 0 Å². The van der Waals surface area contributed by atoms with Gasteiger partial charge in [0.15, 0.2) is 0 Å². The molecule has 0 fully saturated rings. The standard InChI is InChI=1S/C53H39O4P/c1-51(2)27-53-28-52(3,4)42-26-24-40(36-20-16-34-14-12-30-8-6-10-32-18-22-38(36)46(34)44(30)32)50(48(42)53)57-58(54,55)56-49-39(23-25-41(51)47(49)53)35-19-15-33-13-11-29-7-5-9-31-17-21-37(35)45(33)43(29)31/h5-26H,27-28H2,1-4H3,(H,54,55). The van der Waals surface area contributed by atoms with E-state index in [0.29, 0.717) is 11.5 Å². The van der Waals surface area contributed by atoms with Crippen LogP contribution in [0.5, 0.6) is 11.5 Å². The van der Waals surface area contributed by atoms with Crippen LogP contribution in [0.25, 0.3) is 86.9 Å². The molecular formula is C53H39O4P. The van der Waals surface area contributed by atoms with Crippen molar-refractivity contribution in [1.29, 1.82) is 0 Å². The maximum atomic E-state index is 14.9. The molecule has 2 aliphatic carbocycles. The van der Waals surface area contributed by atoms with Crippen molar-refractivity contribution in [3.8, 4) is 33.8 Å². The molecule has 1 heterocycles. The molecule has 4 nitrogen and oxygen atoms in total. The van der Waals surface area contributed by atoms with Crippen LogP contribution in [0.15, 0.2) is 133 Å². The van der Waals surface area contributed by atoms with E-state index in [2.05, 4.69) is 161 Å². The zero-order chi connectivity index (χ0) is 39.1. The van der Waals surface area contributed by atoms with Crippen LogP contribution in [0.3, 0.4) is 0 Å². The maximum absolute atomic E-state index is 14.9. The Morgan fingerprint density at radius 3 is 1.21 bits per heavy atom. The van der Waals surface area contributed by atoms with Gasteiger partial charge < -0.3 is 9.05 Å². The number of phosphoric acid groups is 1. The molecule has 3 aliphatic rings. The predicted octanol–water partition coefficient (Wildman–Crippen LogP) is 14.3. The van der Waals surface area contributed by atoms with Crippen molar-refractivity contribution in [2.45, 2.75) is 56.8 Å². The van der Waals surface area contributed by atoms with Crippen LogP contribution in [0, 0.1) is 0 Å². The van der Waals surface area contributed by atoms with E-state index in [1.54, 1.807) is 0 Å². The van der Waals surface area contributed by atoms with E-state index in [1.807, 2.05) is 0 Å². The number of rotatable bonds is 2. The highest BCUT2D eigenvalue weighted by molar-refractivity contribution is 7.48. The monoisotopic (exact) mass is 770 g/mol. The minimum absolute atomic E-state index is 0.254. The minimum atomic E-state index is -4.78. The molecule has 1 aliphatic heterocycles. The van der Waals surface area contributed by atoms with Crippen LogP contribution in [-0.4, -0.2) is 4.89 Å². The maximum Gasteiger partial charge on any atom is 0.584 e. The lowest BCUT2D eigenvalue weighted by atomic mass is 9.71. The molecule has 0 unspecified atom stereocenters. The molecule has 0 atom stereocenters. The Morgan fingerprint density at radius 1 is 0.448 bits per heavy atom. The second kappa shape index (κ2) is 10.6. The topological polar surface area (TPSA) is 55.8 Å². The normalized spacial score (nSPS) is 18.2. The summed E-state index contributed by atoms with van der Waals surface area (Å²) in [5.74, 6) is 0.928. The third-order valence-corrected chi connectivity index (χ3v) is 15.1. The zero-order valence-corrected chi connectivity index (χ0v) is 33.6. The van der Waals surface area contributed by atoms with Crippen LogP contribution >= 0.6 is 7.82 Å². The largest absolute Gasteiger partial charge is 0.584 e. The van der Waals surface area contributed by atoms with E-state index in [9.17, 15) is 9.46 Å². The summed E-state index contributed by atoms with van der Waals surface area (Å²) >= 11 is 0. The highest BCUT2D eigenvalue weighted by Gasteiger charge is 2.61. The van der Waals surface area contributed by atoms with Crippen molar-refractivity contribution in [2.24, 2.45) is 0 Å². The van der Waals surface area contributed by atoms with Crippen molar-refractivity contribution in [2.75, 3.05) is 0 Å². The fourth-order valence-corrected chi connectivity index (χ4v) is 13.2. The molecule has 0 bridgehead atoms. The van der Waals surface area contributed by atoms with Gasteiger partial charge in [0.05, 0.1) is 0 Å². The fraction of sp³-hybridized carbons (Fsp3) is 0.170. The van der Waals surface area contributed by atoms with E-state index in [-0.39, 0.29) is 10.8 Å². The third kappa shape index (κ3) is 4.07. The van der Waals surface area contributed by atoms with Crippen molar-refractivity contribution in [1.82, 2.24) is 0 Å². The molecule has 1 spiro atoms. The summed E-state index contributed by atoms with van der Waals surface area (Å²) < 4.78 is 28.1. The number of hydrogen-bond donors (Lipinski definition) is 1. The molecule has 0 radical (unpaired) electrons. The molecule has 5 heteroatoms. The van der Waals surface area contributed by atoms with E-state index in [1.165, 1.54) is 43.1 Å². The molecule has 0 amide bonds. The fourth-order valence-electron chi connectivity index (χ4n) is 12.3. The van der Waals surface area contributed by atoms with Gasteiger partial charge in [0.25, 0.3) is 0 Å². The highest BCUT2D eigenvalue weighted by Crippen LogP contribution is 2.71. The lowest BCUT2D eigenvalue weighted by Crippen LogP contribution is -2.29. The van der Waals surface area contributed by atoms with Crippen LogP contribution in [0.1, 0.15) is 62.8 Å². The number of phosphoric ester groups is 1. The molecule has 10 aromatic rings. The number of benzene rings is 10. The molecule has 58 heavy (non-hydrogen) atoms. The molecule has 0 saturated carbocycles. The van der Waals surface area contributed by atoms with Gasteiger partial charge in [-0.3, -0.25) is 4.89 Å². The van der Waals surface area contributed by atoms with E-state index < -0.39 is 13.2 Å². The van der Waals surface area contributed by atoms with Crippen molar-refractivity contribution in [3.05, 3.63) is 156 Å². The Kier molecular flexibility index (Phi) is 6.03. The summed E-state index contributed by atoms with van der Waals surface area (Å²) in [4.78, 5) is 12.2. The van der Waals surface area contributed by atoms with E-state index in [4.69, 9.17) is 9.05 Å². The quantitative estimate of drug-likeness (QED) is 0.140. The van der Waals surface area contributed by atoms with Crippen LogP contribution in [0.2, 0.25) is 0 Å². The molecule has 10 aromatic carbocycles. The third-order valence-electron chi connectivity index (χ3n) is 14.3. The second-order valence-electron chi connectivity index (χ2n) is 18.5. The second-order valence-corrected chi connectivity index (χ2v) is 19.8. The van der Waals surface area contributed by atoms with Gasteiger partial charge in [0.1, 0.15) is 11.5 Å². The lowest BCUT2D eigenvalue weighted by Gasteiger charge is -2.35. The Hall–Kier alpha value is -5.93. The van der Waals surface area contributed by atoms with Gasteiger partial charge in [-0.05, 0) is 111 Å². The summed E-state index contributed by atoms with van der Waals surface area (Å²) in [7, 11) is -4.78. The van der Waals surface area contributed by atoms with Crippen LogP contribution in [-0.2, 0) is 20.8 Å². The lowest BCUT2D eigenvalue weighted by molar-refractivity contribution is 0.276. The van der Waals surface area contributed by atoms with Crippen LogP contribution < -0.4 is 9.05 Å². The Balaban J connectivity index is 1.13. The molecule has 0 saturated heterocycles. The minimum Gasteiger partial charge on any atom is -0.394 e. The van der Waals surface area contributed by atoms with Gasteiger partial charge >= 0.3 is 7.82 Å². The number of hydrogen-bond acceptors (Lipinski definition) is 3. The summed E-state index contributed by atoms with van der Waals surface area (Å²) in [6.07, 6.45) is 1.64. The average molecular weight is 771 g/mol. The summed E-state index contributed by atoms with van der Waals surface area (Å²) in [5.41, 5.74) is 6.90. The van der Waals surface area contributed by atoms with Crippen LogP contribution in [0.4, 0.5) is 0 Å². The van der Waals surface area contributed by atoms with E-state index in [0.717, 1.165) is 78.9 Å². The summed E-state index contributed by atoms with van der Waals surface area (Å²) in [6, 6.07) is 47.9. The Morgan fingerprint density at radius 2 is 0.793 bits per heavy atom. The smallest absolute Gasteiger partial charge is 0.394 e. The molecule has 280 valence electrons. The van der Waals surface area contributed by atoms with Gasteiger partial charge in [-0.15, -0.1) is 0 Å². The van der Waals surface area contributed by atoms with Gasteiger partial charge in [-0.1, -0.05) is 161 Å². The SMILES string of the molecule is CC1(C)CC23CC(C)(C)c4ccc(-c5ccc6ccc7cccc8ccc5c6c78)c(c42)OP(=O)(O)Oc2c(-c4ccc5ccc6cccc7ccc4c5c67)ccc1c23.